The molecular weight excluding hydrogens is 264 g/mol. The van der Waals surface area contributed by atoms with Gasteiger partial charge in [-0.25, -0.2) is 19.2 Å². The summed E-state index contributed by atoms with van der Waals surface area (Å²) in [5, 5.41) is 9.16. The number of hydrogen-bond acceptors (Lipinski definition) is 6. The molecule has 4 aromatic heterocycles. The summed E-state index contributed by atoms with van der Waals surface area (Å²) in [5.41, 5.74) is -0.358. The second-order valence-corrected chi connectivity index (χ2v) is 3.96. The first-order valence-corrected chi connectivity index (χ1v) is 5.51. The van der Waals surface area contributed by atoms with Gasteiger partial charge in [0.25, 0.3) is 16.9 Å². The lowest BCUT2D eigenvalue weighted by atomic mass is 10.2. The van der Waals surface area contributed by atoms with Crippen molar-refractivity contribution >= 4 is 11.4 Å². The van der Waals surface area contributed by atoms with Crippen LogP contribution in [0, 0.1) is 6.07 Å². The van der Waals surface area contributed by atoms with E-state index in [0.29, 0.717) is 5.65 Å². The van der Waals surface area contributed by atoms with Crippen molar-refractivity contribution in [2.75, 3.05) is 0 Å². The molecule has 0 aliphatic rings. The van der Waals surface area contributed by atoms with Crippen LogP contribution in [0.2, 0.25) is 0 Å². The van der Waals surface area contributed by atoms with Crippen molar-refractivity contribution in [3.63, 3.8) is 0 Å². The number of aromatic amines is 2. The molecule has 4 rings (SSSR count). The lowest BCUT2D eigenvalue weighted by molar-refractivity contribution is 0.841. The zero-order valence-electron chi connectivity index (χ0n) is 9.73. The molecule has 2 N–H and O–H groups in total. The van der Waals surface area contributed by atoms with Crippen LogP contribution in [0.3, 0.4) is 0 Å². The maximum absolute atomic E-state index is 12.1. The normalized spacial score (nSPS) is 11.4. The fourth-order valence-electron chi connectivity index (χ4n) is 1.92. The first kappa shape index (κ1) is 10.6. The molecule has 0 saturated carbocycles. The molecule has 0 unspecified atom stereocenters. The summed E-state index contributed by atoms with van der Waals surface area (Å²) in [6, 6.07) is 2.49. The van der Waals surface area contributed by atoms with Crippen LogP contribution >= 0.6 is 0 Å². The first-order valence-electron chi connectivity index (χ1n) is 5.51. The van der Waals surface area contributed by atoms with Crippen molar-refractivity contribution < 1.29 is 0 Å². The van der Waals surface area contributed by atoms with Gasteiger partial charge in [0.1, 0.15) is 6.33 Å². The Labute approximate surface area is 108 Å². The number of aromatic nitrogens is 8. The maximum Gasteiger partial charge on any atom is 0.283 e. The zero-order chi connectivity index (χ0) is 13.7. The van der Waals surface area contributed by atoms with Crippen molar-refractivity contribution in [1.82, 2.24) is 39.4 Å². The largest absolute Gasteiger partial charge is 0.283 e. The van der Waals surface area contributed by atoms with Crippen LogP contribution in [0.4, 0.5) is 0 Å². The lowest BCUT2D eigenvalue weighted by Gasteiger charge is -2.02. The van der Waals surface area contributed by atoms with E-state index in [9.17, 15) is 9.59 Å². The van der Waals surface area contributed by atoms with Gasteiger partial charge in [-0.2, -0.15) is 15.1 Å². The Balaban J connectivity index is 2.15. The summed E-state index contributed by atoms with van der Waals surface area (Å²) >= 11 is 0. The highest BCUT2D eigenvalue weighted by Gasteiger charge is 2.13. The van der Waals surface area contributed by atoms with Crippen LogP contribution in [-0.4, -0.2) is 39.4 Å². The number of hydrogen-bond donors (Lipinski definition) is 2. The van der Waals surface area contributed by atoms with E-state index < -0.39 is 11.1 Å². The predicted molar refractivity (Wildman–Crippen MR) is 65.0 cm³/mol. The van der Waals surface area contributed by atoms with Crippen molar-refractivity contribution in [2.24, 2.45) is 0 Å². The molecular formula is C10H5N8O2. The van der Waals surface area contributed by atoms with Crippen LogP contribution in [-0.2, 0) is 0 Å². The van der Waals surface area contributed by atoms with E-state index >= 15 is 0 Å². The van der Waals surface area contributed by atoms with Crippen LogP contribution in [0.15, 0.2) is 28.3 Å². The van der Waals surface area contributed by atoms with E-state index in [0.717, 1.165) is 0 Å². The van der Waals surface area contributed by atoms with Gasteiger partial charge in [0, 0.05) is 6.20 Å². The highest BCUT2D eigenvalue weighted by molar-refractivity contribution is 5.59. The van der Waals surface area contributed by atoms with Crippen molar-refractivity contribution in [3.05, 3.63) is 45.5 Å². The number of H-pyrrole nitrogens is 2. The summed E-state index contributed by atoms with van der Waals surface area (Å²) in [6.07, 6.45) is 4.26. The van der Waals surface area contributed by atoms with Crippen molar-refractivity contribution in [3.8, 4) is 11.3 Å². The van der Waals surface area contributed by atoms with Gasteiger partial charge >= 0.3 is 0 Å². The Hall–Kier alpha value is -3.30. The third-order valence-corrected chi connectivity index (χ3v) is 2.77. The smallest absolute Gasteiger partial charge is 0.280 e. The van der Waals surface area contributed by atoms with E-state index in [-0.39, 0.29) is 17.0 Å². The molecule has 1 radical (unpaired) electrons. The van der Waals surface area contributed by atoms with Gasteiger partial charge in [-0.3, -0.25) is 14.7 Å². The second-order valence-electron chi connectivity index (χ2n) is 3.96. The van der Waals surface area contributed by atoms with Gasteiger partial charge in [0.05, 0.1) is 23.5 Å². The van der Waals surface area contributed by atoms with E-state index in [2.05, 4.69) is 36.4 Å². The third kappa shape index (κ3) is 1.38. The van der Waals surface area contributed by atoms with Gasteiger partial charge in [0.2, 0.25) is 0 Å². The number of nitrogens with one attached hydrogen (secondary N) is 2. The van der Waals surface area contributed by atoms with Crippen LogP contribution < -0.4 is 11.1 Å². The molecule has 10 nitrogen and oxygen atoms in total. The molecule has 0 aliphatic carbocycles. The second kappa shape index (κ2) is 3.60. The SMILES string of the molecule is O=c1[c]c(-c2cn3[nH]ncc3nc2=O)n2[nH]cnc2n1. The molecule has 0 atom stereocenters. The Morgan fingerprint density at radius 1 is 1.25 bits per heavy atom. The zero-order valence-corrected chi connectivity index (χ0v) is 9.73. The molecule has 0 spiro atoms. The average molecular weight is 269 g/mol. The summed E-state index contributed by atoms with van der Waals surface area (Å²) in [7, 11) is 0. The fourth-order valence-corrected chi connectivity index (χ4v) is 1.92. The minimum Gasteiger partial charge on any atom is -0.280 e. The first-order chi connectivity index (χ1) is 9.72. The highest BCUT2D eigenvalue weighted by Crippen LogP contribution is 2.12. The Bertz CT molecular complexity index is 1050. The van der Waals surface area contributed by atoms with Crippen LogP contribution in [0.25, 0.3) is 22.7 Å². The van der Waals surface area contributed by atoms with Crippen LogP contribution in [0.1, 0.15) is 0 Å². The van der Waals surface area contributed by atoms with E-state index in [1.165, 1.54) is 27.8 Å². The van der Waals surface area contributed by atoms with Gasteiger partial charge in [-0.05, 0) is 0 Å². The number of fused-ring (bicyclic) bond motifs is 2. The molecule has 4 aromatic rings. The van der Waals surface area contributed by atoms with Gasteiger partial charge in [-0.15, -0.1) is 0 Å². The minimum absolute atomic E-state index is 0.151. The number of rotatable bonds is 1. The molecule has 0 aliphatic heterocycles. The maximum atomic E-state index is 12.1. The molecule has 0 saturated heterocycles. The van der Waals surface area contributed by atoms with Crippen molar-refractivity contribution in [2.45, 2.75) is 0 Å². The van der Waals surface area contributed by atoms with Gasteiger partial charge in [-0.1, -0.05) is 0 Å². The molecule has 10 heteroatoms. The summed E-state index contributed by atoms with van der Waals surface area (Å²) in [6.45, 7) is 0. The van der Waals surface area contributed by atoms with E-state index in [4.69, 9.17) is 0 Å². The summed E-state index contributed by atoms with van der Waals surface area (Å²) in [4.78, 5) is 35.0. The summed E-state index contributed by atoms with van der Waals surface area (Å²) in [5.74, 6) is 0.151. The fraction of sp³-hybridized carbons (Fsp3) is 0. The third-order valence-electron chi connectivity index (χ3n) is 2.77. The molecule has 97 valence electrons. The molecule has 20 heavy (non-hydrogen) atoms. The lowest BCUT2D eigenvalue weighted by Crippen LogP contribution is -2.17. The molecule has 0 amide bonds. The van der Waals surface area contributed by atoms with Crippen LogP contribution in [0.5, 0.6) is 0 Å². The molecule has 0 fully saturated rings. The number of nitrogens with zero attached hydrogens (tertiary/aromatic N) is 6. The summed E-state index contributed by atoms with van der Waals surface area (Å²) < 4.78 is 2.83. The van der Waals surface area contributed by atoms with Gasteiger partial charge in [0.15, 0.2) is 5.65 Å². The van der Waals surface area contributed by atoms with Crippen molar-refractivity contribution in [1.29, 1.82) is 0 Å². The highest BCUT2D eigenvalue weighted by atomic mass is 16.1. The minimum atomic E-state index is -0.610. The topological polar surface area (TPSA) is 126 Å². The van der Waals surface area contributed by atoms with Gasteiger partial charge < -0.3 is 0 Å². The molecule has 0 bridgehead atoms. The Morgan fingerprint density at radius 2 is 2.15 bits per heavy atom. The Morgan fingerprint density at radius 3 is 3.05 bits per heavy atom. The quantitative estimate of drug-likeness (QED) is 0.438. The Kier molecular flexibility index (Phi) is 1.91. The molecule has 4 heterocycles. The molecule has 0 aromatic carbocycles. The standard InChI is InChI=1S/C10H5N8O2/c19-8-1-6(18-10(15-8)11-4-13-18)5-3-17-7(2-12-16-17)14-9(5)20/h2-4,16H,(H,11,13,15,19). The average Bonchev–Trinajstić information content (AvgIpc) is 3.04. The monoisotopic (exact) mass is 269 g/mol. The predicted octanol–water partition coefficient (Wildman–Crippen LogP) is -1.38. The van der Waals surface area contributed by atoms with E-state index in [1.54, 1.807) is 0 Å². The van der Waals surface area contributed by atoms with E-state index in [1.807, 2.05) is 0 Å².